The van der Waals surface area contributed by atoms with Gasteiger partial charge in [-0.1, -0.05) is 37.6 Å². The minimum absolute atomic E-state index is 0.155. The largest absolute Gasteiger partial charge is 0.480 e. The van der Waals surface area contributed by atoms with Gasteiger partial charge in [-0.2, -0.15) is 0 Å². The Morgan fingerprint density at radius 2 is 2.00 bits per heavy atom. The van der Waals surface area contributed by atoms with Crippen LogP contribution in [0.5, 0.6) is 0 Å². The Hall–Kier alpha value is -0.960. The van der Waals surface area contributed by atoms with Crippen LogP contribution in [0.3, 0.4) is 0 Å². The molecule has 0 heterocycles. The summed E-state index contributed by atoms with van der Waals surface area (Å²) in [6, 6.07) is 6.32. The van der Waals surface area contributed by atoms with E-state index >= 15 is 0 Å². The molecule has 1 aromatic carbocycles. The highest BCUT2D eigenvalue weighted by Crippen LogP contribution is 2.25. The van der Waals surface area contributed by atoms with E-state index in [-0.39, 0.29) is 11.2 Å². The molecule has 0 fully saturated rings. The van der Waals surface area contributed by atoms with Crippen LogP contribution in [0, 0.1) is 19.8 Å². The van der Waals surface area contributed by atoms with Gasteiger partial charge >= 0.3 is 5.97 Å². The van der Waals surface area contributed by atoms with Gasteiger partial charge in [-0.25, -0.2) is 0 Å². The van der Waals surface area contributed by atoms with Crippen molar-refractivity contribution >= 4 is 17.7 Å². The highest BCUT2D eigenvalue weighted by atomic mass is 32.2. The van der Waals surface area contributed by atoms with Gasteiger partial charge in [0, 0.05) is 5.75 Å². The van der Waals surface area contributed by atoms with Gasteiger partial charge in [0.05, 0.1) is 0 Å². The van der Waals surface area contributed by atoms with Crippen molar-refractivity contribution in [2.75, 3.05) is 0 Å². The molecule has 0 aliphatic rings. The van der Waals surface area contributed by atoms with Crippen molar-refractivity contribution in [2.45, 2.75) is 38.7 Å². The zero-order valence-corrected chi connectivity index (χ0v) is 11.7. The zero-order valence-electron chi connectivity index (χ0n) is 10.9. The van der Waals surface area contributed by atoms with Crippen LogP contribution in [0.25, 0.3) is 0 Å². The molecule has 0 aliphatic carbocycles. The fraction of sp³-hybridized carbons (Fsp3) is 0.500. The Labute approximate surface area is 107 Å². The molecule has 94 valence electrons. The summed E-state index contributed by atoms with van der Waals surface area (Å²) >= 11 is 1.51. The van der Waals surface area contributed by atoms with Crippen LogP contribution in [0.1, 0.15) is 30.5 Å². The number of carboxylic acids is 1. The second kappa shape index (κ2) is 6.10. The molecule has 1 atom stereocenters. The first-order valence-electron chi connectivity index (χ1n) is 5.82. The molecule has 1 aromatic rings. The lowest BCUT2D eigenvalue weighted by atomic mass is 10.1. The third-order valence-electron chi connectivity index (χ3n) is 2.77. The lowest BCUT2D eigenvalue weighted by molar-refractivity contribution is -0.137. The number of aliphatic carboxylic acids is 1. The van der Waals surface area contributed by atoms with Gasteiger partial charge in [0.15, 0.2) is 0 Å². The maximum absolute atomic E-state index is 11.1. The summed E-state index contributed by atoms with van der Waals surface area (Å²) in [5, 5.41) is 8.80. The summed E-state index contributed by atoms with van der Waals surface area (Å²) in [5.74, 6) is 0.209. The Morgan fingerprint density at radius 1 is 1.35 bits per heavy atom. The molecule has 0 saturated heterocycles. The van der Waals surface area contributed by atoms with E-state index in [2.05, 4.69) is 32.0 Å². The van der Waals surface area contributed by atoms with Gasteiger partial charge in [-0.05, 0) is 30.9 Å². The molecule has 0 aromatic heterocycles. The van der Waals surface area contributed by atoms with Crippen LogP contribution < -0.4 is 0 Å². The van der Waals surface area contributed by atoms with E-state index in [9.17, 15) is 4.79 Å². The number of carbonyl (C=O) groups is 1. The van der Waals surface area contributed by atoms with E-state index in [0.29, 0.717) is 0 Å². The summed E-state index contributed by atoms with van der Waals surface area (Å²) in [5.41, 5.74) is 3.69. The standard InChI is InChI=1S/C14H20O2S/c1-9(2)13(14(15)16)17-8-12-7-10(3)5-6-11(12)4/h5-7,9,13H,8H2,1-4H3,(H,15,16). The van der Waals surface area contributed by atoms with Crippen molar-refractivity contribution in [2.24, 2.45) is 5.92 Å². The summed E-state index contributed by atoms with van der Waals surface area (Å²) in [6.45, 7) is 8.04. The predicted molar refractivity (Wildman–Crippen MR) is 73.5 cm³/mol. The number of rotatable bonds is 5. The molecule has 0 bridgehead atoms. The summed E-state index contributed by atoms with van der Waals surface area (Å²) < 4.78 is 0. The Bertz CT molecular complexity index is 399. The molecule has 2 nitrogen and oxygen atoms in total. The Balaban J connectivity index is 2.72. The minimum atomic E-state index is -0.713. The van der Waals surface area contributed by atoms with Crippen molar-refractivity contribution in [3.8, 4) is 0 Å². The monoisotopic (exact) mass is 252 g/mol. The zero-order chi connectivity index (χ0) is 13.0. The van der Waals surface area contributed by atoms with Crippen molar-refractivity contribution in [1.82, 2.24) is 0 Å². The predicted octanol–water partition coefficient (Wildman–Crippen LogP) is 3.65. The van der Waals surface area contributed by atoms with Gasteiger partial charge in [-0.3, -0.25) is 4.79 Å². The smallest absolute Gasteiger partial charge is 0.316 e. The lowest BCUT2D eigenvalue weighted by Gasteiger charge is -2.16. The van der Waals surface area contributed by atoms with Crippen LogP contribution in [0.2, 0.25) is 0 Å². The molecule has 0 saturated carbocycles. The number of hydrogen-bond donors (Lipinski definition) is 1. The van der Waals surface area contributed by atoms with Gasteiger partial charge in [-0.15, -0.1) is 11.8 Å². The van der Waals surface area contributed by atoms with E-state index < -0.39 is 5.97 Å². The van der Waals surface area contributed by atoms with Crippen LogP contribution >= 0.6 is 11.8 Å². The van der Waals surface area contributed by atoms with Crippen LogP contribution in [-0.2, 0) is 10.5 Å². The SMILES string of the molecule is Cc1ccc(C)c(CSC(C(=O)O)C(C)C)c1. The molecule has 1 N–H and O–H groups in total. The maximum Gasteiger partial charge on any atom is 0.316 e. The Morgan fingerprint density at radius 3 is 2.53 bits per heavy atom. The van der Waals surface area contributed by atoms with E-state index in [1.165, 1.54) is 28.5 Å². The van der Waals surface area contributed by atoms with Gasteiger partial charge in [0.2, 0.25) is 0 Å². The molecule has 1 rings (SSSR count). The minimum Gasteiger partial charge on any atom is -0.480 e. The van der Waals surface area contributed by atoms with E-state index in [1.54, 1.807) is 0 Å². The number of thioether (sulfide) groups is 1. The highest BCUT2D eigenvalue weighted by Gasteiger charge is 2.21. The van der Waals surface area contributed by atoms with E-state index in [0.717, 1.165) is 5.75 Å². The molecule has 0 aliphatic heterocycles. The van der Waals surface area contributed by atoms with Crippen molar-refractivity contribution < 1.29 is 9.90 Å². The van der Waals surface area contributed by atoms with Gasteiger partial charge < -0.3 is 5.11 Å². The number of hydrogen-bond acceptors (Lipinski definition) is 2. The normalized spacial score (nSPS) is 12.8. The van der Waals surface area contributed by atoms with Crippen LogP contribution in [0.4, 0.5) is 0 Å². The summed E-state index contributed by atoms with van der Waals surface area (Å²) in [6.07, 6.45) is 0. The number of carboxylic acid groups (broad SMARTS) is 1. The third kappa shape index (κ3) is 4.08. The molecule has 0 amide bonds. The first kappa shape index (κ1) is 14.1. The van der Waals surface area contributed by atoms with Crippen LogP contribution in [-0.4, -0.2) is 16.3 Å². The second-order valence-corrected chi connectivity index (χ2v) is 5.87. The molecule has 1 unspecified atom stereocenters. The quantitative estimate of drug-likeness (QED) is 0.869. The van der Waals surface area contributed by atoms with E-state index in [4.69, 9.17) is 5.11 Å². The molecular weight excluding hydrogens is 232 g/mol. The average Bonchev–Trinajstić information content (AvgIpc) is 2.22. The molecule has 0 radical (unpaired) electrons. The highest BCUT2D eigenvalue weighted by molar-refractivity contribution is 7.99. The molecule has 17 heavy (non-hydrogen) atoms. The van der Waals surface area contributed by atoms with E-state index in [1.807, 2.05) is 13.8 Å². The number of benzene rings is 1. The topological polar surface area (TPSA) is 37.3 Å². The summed E-state index contributed by atoms with van der Waals surface area (Å²) in [4.78, 5) is 11.1. The first-order valence-corrected chi connectivity index (χ1v) is 6.87. The van der Waals surface area contributed by atoms with Crippen molar-refractivity contribution in [3.63, 3.8) is 0 Å². The van der Waals surface area contributed by atoms with Crippen molar-refractivity contribution in [3.05, 3.63) is 34.9 Å². The Kier molecular flexibility index (Phi) is 5.06. The van der Waals surface area contributed by atoms with Gasteiger partial charge in [0.1, 0.15) is 5.25 Å². The van der Waals surface area contributed by atoms with Crippen LogP contribution in [0.15, 0.2) is 18.2 Å². The number of aryl methyl sites for hydroxylation is 2. The first-order chi connectivity index (χ1) is 7.91. The molecule has 0 spiro atoms. The lowest BCUT2D eigenvalue weighted by Crippen LogP contribution is -2.22. The molecular formula is C14H20O2S. The second-order valence-electron chi connectivity index (χ2n) is 4.74. The average molecular weight is 252 g/mol. The maximum atomic E-state index is 11.1. The fourth-order valence-electron chi connectivity index (χ4n) is 1.68. The van der Waals surface area contributed by atoms with Gasteiger partial charge in [0.25, 0.3) is 0 Å². The third-order valence-corrected chi connectivity index (χ3v) is 4.35. The summed E-state index contributed by atoms with van der Waals surface area (Å²) in [7, 11) is 0. The van der Waals surface area contributed by atoms with Crippen molar-refractivity contribution in [1.29, 1.82) is 0 Å². The molecule has 3 heteroatoms. The fourth-order valence-corrected chi connectivity index (χ4v) is 2.88.